The second-order valence-corrected chi connectivity index (χ2v) is 11.0. The number of hydrogen-bond donors (Lipinski definition) is 1. The van der Waals surface area contributed by atoms with Crippen LogP contribution in [0.1, 0.15) is 69.2 Å². The van der Waals surface area contributed by atoms with Crippen molar-refractivity contribution >= 4 is 5.78 Å². The molecule has 0 radical (unpaired) electrons. The van der Waals surface area contributed by atoms with Crippen molar-refractivity contribution in [2.24, 2.45) is 39.9 Å². The van der Waals surface area contributed by atoms with Gasteiger partial charge < -0.3 is 5.11 Å². The molecule has 8 atom stereocenters. The third-order valence-corrected chi connectivity index (χ3v) is 10.4. The molecule has 0 amide bonds. The molecular formula is C26H32O2. The summed E-state index contributed by atoms with van der Waals surface area (Å²) in [6.07, 6.45) is 10.4. The van der Waals surface area contributed by atoms with E-state index in [-0.39, 0.29) is 22.7 Å². The lowest BCUT2D eigenvalue weighted by molar-refractivity contribution is -0.142. The van der Waals surface area contributed by atoms with Gasteiger partial charge in [-0.05, 0) is 79.4 Å². The van der Waals surface area contributed by atoms with Crippen LogP contribution >= 0.6 is 0 Å². The van der Waals surface area contributed by atoms with Gasteiger partial charge in [0.15, 0.2) is 5.78 Å². The Kier molecular flexibility index (Phi) is 3.36. The summed E-state index contributed by atoms with van der Waals surface area (Å²) in [5.41, 5.74) is 2.43. The highest BCUT2D eigenvalue weighted by Gasteiger charge is 2.76. The Morgan fingerprint density at radius 3 is 2.61 bits per heavy atom. The fraction of sp³-hybridized carbons (Fsp3) is 0.654. The maximum atomic E-state index is 13.3. The summed E-state index contributed by atoms with van der Waals surface area (Å²) in [4.78, 5) is 13.3. The Balaban J connectivity index is 1.33. The van der Waals surface area contributed by atoms with Gasteiger partial charge in [0.1, 0.15) is 0 Å². The van der Waals surface area contributed by atoms with E-state index >= 15 is 0 Å². The summed E-state index contributed by atoms with van der Waals surface area (Å²) in [7, 11) is 0. The van der Waals surface area contributed by atoms with Gasteiger partial charge in [0, 0.05) is 16.6 Å². The standard InChI is InChI=1S/C26H32O2/c1-24-12-11-20-18(14-22(27)26-15-17(26)10-13-25(20,26)2)19(24)8-9-21(24)23(28)16-6-4-3-5-7-16/h3-7,9,17-20,22,27H,8,10-15H2,1-2H3/t17-,18+,19+,20+,22+,24+,25-,26+/m1/s1. The summed E-state index contributed by atoms with van der Waals surface area (Å²) in [5.74, 6) is 2.85. The minimum atomic E-state index is -0.123. The molecule has 2 nitrogen and oxygen atoms in total. The zero-order valence-corrected chi connectivity index (χ0v) is 17.2. The third kappa shape index (κ3) is 1.87. The van der Waals surface area contributed by atoms with E-state index in [9.17, 15) is 9.90 Å². The van der Waals surface area contributed by atoms with Gasteiger partial charge in [-0.25, -0.2) is 0 Å². The molecule has 5 aliphatic rings. The van der Waals surface area contributed by atoms with Crippen LogP contribution in [-0.4, -0.2) is 17.0 Å². The normalized spacial score (nSPS) is 50.8. The van der Waals surface area contributed by atoms with Crippen molar-refractivity contribution in [3.8, 4) is 0 Å². The van der Waals surface area contributed by atoms with Gasteiger partial charge in [0.05, 0.1) is 6.10 Å². The van der Waals surface area contributed by atoms with Crippen LogP contribution in [0.25, 0.3) is 0 Å². The van der Waals surface area contributed by atoms with Gasteiger partial charge >= 0.3 is 0 Å². The van der Waals surface area contributed by atoms with Crippen molar-refractivity contribution in [1.29, 1.82) is 0 Å². The second-order valence-electron chi connectivity index (χ2n) is 11.0. The van der Waals surface area contributed by atoms with E-state index < -0.39 is 0 Å². The lowest BCUT2D eigenvalue weighted by atomic mass is 9.45. The first-order chi connectivity index (χ1) is 13.4. The molecule has 0 bridgehead atoms. The molecule has 0 saturated heterocycles. The van der Waals surface area contributed by atoms with Crippen molar-refractivity contribution < 1.29 is 9.90 Å². The predicted molar refractivity (Wildman–Crippen MR) is 110 cm³/mol. The van der Waals surface area contributed by atoms with Crippen LogP contribution in [0.3, 0.4) is 0 Å². The van der Waals surface area contributed by atoms with Gasteiger partial charge in [-0.3, -0.25) is 4.79 Å². The van der Waals surface area contributed by atoms with Crippen LogP contribution in [0.5, 0.6) is 0 Å². The van der Waals surface area contributed by atoms with E-state index in [0.29, 0.717) is 17.3 Å². The highest BCUT2D eigenvalue weighted by molar-refractivity contribution is 6.09. The molecule has 6 rings (SSSR count). The van der Waals surface area contributed by atoms with Crippen molar-refractivity contribution in [3.63, 3.8) is 0 Å². The molecule has 1 spiro atoms. The SMILES string of the molecule is C[C@]12CC[C@H]3[C@@H](C[C@H](O)[C@]45C[C@H]4CC[C@]35C)[C@@H]1CC=C2C(=O)c1ccccc1. The average Bonchev–Trinajstić information content (AvgIpc) is 3.23. The minimum Gasteiger partial charge on any atom is -0.393 e. The average molecular weight is 377 g/mol. The maximum Gasteiger partial charge on any atom is 0.189 e. The Morgan fingerprint density at radius 2 is 1.86 bits per heavy atom. The number of carbonyl (C=O) groups is 1. The minimum absolute atomic E-state index is 0.0176. The monoisotopic (exact) mass is 376 g/mol. The molecule has 4 saturated carbocycles. The van der Waals surface area contributed by atoms with Crippen LogP contribution in [0.4, 0.5) is 0 Å². The third-order valence-electron chi connectivity index (χ3n) is 10.4. The number of aliphatic hydroxyl groups excluding tert-OH is 1. The summed E-state index contributed by atoms with van der Waals surface area (Å²) in [5, 5.41) is 11.3. The molecule has 1 aromatic carbocycles. The Hall–Kier alpha value is -1.41. The number of rotatable bonds is 2. The molecule has 1 aromatic rings. The maximum absolute atomic E-state index is 13.3. The number of hydrogen-bond acceptors (Lipinski definition) is 2. The molecular weight excluding hydrogens is 344 g/mol. The quantitative estimate of drug-likeness (QED) is 0.700. The van der Waals surface area contributed by atoms with Crippen molar-refractivity contribution in [1.82, 2.24) is 0 Å². The number of allylic oxidation sites excluding steroid dienone is 2. The smallest absolute Gasteiger partial charge is 0.189 e. The number of benzene rings is 1. The molecule has 1 N–H and O–H groups in total. The molecule has 148 valence electrons. The van der Waals surface area contributed by atoms with Gasteiger partial charge in [-0.2, -0.15) is 0 Å². The largest absolute Gasteiger partial charge is 0.393 e. The second kappa shape index (κ2) is 5.39. The van der Waals surface area contributed by atoms with Crippen LogP contribution in [0.15, 0.2) is 42.0 Å². The molecule has 0 aliphatic heterocycles. The van der Waals surface area contributed by atoms with Crippen molar-refractivity contribution in [2.45, 2.75) is 64.9 Å². The molecule has 0 aromatic heterocycles. The summed E-state index contributed by atoms with van der Waals surface area (Å²) < 4.78 is 0. The van der Waals surface area contributed by atoms with Crippen molar-refractivity contribution in [2.75, 3.05) is 0 Å². The first-order valence-corrected chi connectivity index (χ1v) is 11.4. The van der Waals surface area contributed by atoms with Gasteiger partial charge in [0.2, 0.25) is 0 Å². The van der Waals surface area contributed by atoms with Gasteiger partial charge in [-0.15, -0.1) is 0 Å². The van der Waals surface area contributed by atoms with Crippen LogP contribution < -0.4 is 0 Å². The molecule has 0 heterocycles. The fourth-order valence-electron chi connectivity index (χ4n) is 8.97. The first kappa shape index (κ1) is 17.4. The number of Topliss-reactive ketones (excluding diaryl/α,β-unsaturated/α-hetero) is 1. The van der Waals surface area contributed by atoms with E-state index in [1.54, 1.807) is 0 Å². The molecule has 28 heavy (non-hydrogen) atoms. The number of ketones is 1. The first-order valence-electron chi connectivity index (χ1n) is 11.4. The summed E-state index contributed by atoms with van der Waals surface area (Å²) >= 11 is 0. The summed E-state index contributed by atoms with van der Waals surface area (Å²) in [6, 6.07) is 9.80. The van der Waals surface area contributed by atoms with Crippen LogP contribution in [0.2, 0.25) is 0 Å². The number of fused-ring (bicyclic) bond motifs is 4. The topological polar surface area (TPSA) is 37.3 Å². The van der Waals surface area contributed by atoms with Crippen molar-refractivity contribution in [3.05, 3.63) is 47.5 Å². The van der Waals surface area contributed by atoms with Gasteiger partial charge in [0.25, 0.3) is 0 Å². The fourth-order valence-corrected chi connectivity index (χ4v) is 8.97. The number of aliphatic hydroxyl groups is 1. The molecule has 4 fully saturated rings. The Labute approximate surface area is 168 Å². The van der Waals surface area contributed by atoms with E-state index in [1.165, 1.54) is 25.7 Å². The molecule has 0 unspecified atom stereocenters. The highest BCUT2D eigenvalue weighted by atomic mass is 16.3. The van der Waals surface area contributed by atoms with E-state index in [2.05, 4.69) is 19.9 Å². The zero-order chi connectivity index (χ0) is 19.3. The lowest BCUT2D eigenvalue weighted by Gasteiger charge is -2.59. The van der Waals surface area contributed by atoms with Gasteiger partial charge in [-0.1, -0.05) is 50.3 Å². The van der Waals surface area contributed by atoms with E-state index in [1.807, 2.05) is 30.3 Å². The van der Waals surface area contributed by atoms with Crippen LogP contribution in [0, 0.1) is 39.9 Å². The highest BCUT2D eigenvalue weighted by Crippen LogP contribution is 2.81. The molecule has 2 heteroatoms. The Bertz CT molecular complexity index is 872. The van der Waals surface area contributed by atoms with Crippen LogP contribution in [-0.2, 0) is 0 Å². The Morgan fingerprint density at radius 1 is 1.07 bits per heavy atom. The molecule has 5 aliphatic carbocycles. The summed E-state index contributed by atoms with van der Waals surface area (Å²) in [6.45, 7) is 4.86. The van der Waals surface area contributed by atoms with E-state index in [4.69, 9.17) is 0 Å². The lowest BCUT2D eigenvalue weighted by Crippen LogP contribution is -2.56. The number of carbonyl (C=O) groups excluding carboxylic acids is 1. The predicted octanol–water partition coefficient (Wildman–Crippen LogP) is 5.42. The van der Waals surface area contributed by atoms with E-state index in [0.717, 1.165) is 42.2 Å². The zero-order valence-electron chi connectivity index (χ0n) is 17.2.